The first-order chi connectivity index (χ1) is 12.8. The second-order valence-electron chi connectivity index (χ2n) is 7.69. The molecule has 0 N–H and O–H groups in total. The lowest BCUT2D eigenvalue weighted by atomic mass is 9.64. The number of thioether (sulfide) groups is 1. The maximum Gasteiger partial charge on any atom is 0.161 e. The van der Waals surface area contributed by atoms with Gasteiger partial charge in [0.05, 0.1) is 31.8 Å². The number of hydrogen-bond acceptors (Lipinski definition) is 6. The fourth-order valence-corrected chi connectivity index (χ4v) is 4.69. The Morgan fingerprint density at radius 2 is 1.89 bits per heavy atom. The normalized spacial score (nSPS) is 24.0. The summed E-state index contributed by atoms with van der Waals surface area (Å²) in [4.78, 5) is 17.8. The number of carbonyl (C=O) groups is 1. The highest BCUT2D eigenvalue weighted by Gasteiger charge is 2.46. The highest BCUT2D eigenvalue weighted by Crippen LogP contribution is 2.48. The van der Waals surface area contributed by atoms with Crippen molar-refractivity contribution in [3.8, 4) is 17.6 Å². The third kappa shape index (κ3) is 3.49. The molecule has 1 fully saturated rings. The summed E-state index contributed by atoms with van der Waals surface area (Å²) in [5.74, 6) is 0.632. The van der Waals surface area contributed by atoms with Crippen LogP contribution in [-0.4, -0.2) is 32.0 Å². The van der Waals surface area contributed by atoms with E-state index in [9.17, 15) is 10.1 Å². The highest BCUT2D eigenvalue weighted by atomic mass is 32.2. The van der Waals surface area contributed by atoms with Gasteiger partial charge >= 0.3 is 0 Å². The van der Waals surface area contributed by atoms with E-state index in [1.165, 1.54) is 11.8 Å². The lowest BCUT2D eigenvalue weighted by molar-refractivity contribution is -0.124. The second kappa shape index (κ2) is 7.40. The molecule has 1 aliphatic carbocycles. The number of nitrogens with zero attached hydrogens (tertiary/aromatic N) is 2. The van der Waals surface area contributed by atoms with Gasteiger partial charge in [-0.3, -0.25) is 4.79 Å². The van der Waals surface area contributed by atoms with Gasteiger partial charge < -0.3 is 9.47 Å². The summed E-state index contributed by atoms with van der Waals surface area (Å²) in [6.07, 6.45) is 3.17. The van der Waals surface area contributed by atoms with Crippen molar-refractivity contribution in [3.05, 3.63) is 34.4 Å². The summed E-state index contributed by atoms with van der Waals surface area (Å²) in [7, 11) is 3.17. The predicted molar refractivity (Wildman–Crippen MR) is 107 cm³/mol. The third-order valence-corrected chi connectivity index (χ3v) is 5.92. The molecule has 27 heavy (non-hydrogen) atoms. The zero-order valence-corrected chi connectivity index (χ0v) is 17.1. The molecule has 1 aromatic carbocycles. The zero-order chi connectivity index (χ0) is 19.8. The number of ether oxygens (including phenoxy) is 2. The first-order valence-corrected chi connectivity index (χ1v) is 10.1. The van der Waals surface area contributed by atoms with Crippen LogP contribution in [0, 0.1) is 22.7 Å². The number of fused-ring (bicyclic) bond motifs is 1. The lowest BCUT2D eigenvalue weighted by Gasteiger charge is -2.40. The minimum atomic E-state index is -0.387. The van der Waals surface area contributed by atoms with E-state index in [-0.39, 0.29) is 23.0 Å². The van der Waals surface area contributed by atoms with Gasteiger partial charge in [0.25, 0.3) is 0 Å². The quantitative estimate of drug-likeness (QED) is 0.772. The van der Waals surface area contributed by atoms with Gasteiger partial charge in [-0.25, -0.2) is 4.99 Å². The van der Waals surface area contributed by atoms with Gasteiger partial charge in [0, 0.05) is 18.1 Å². The molecule has 5 nitrogen and oxygen atoms in total. The van der Waals surface area contributed by atoms with Crippen LogP contribution >= 0.6 is 11.8 Å². The summed E-state index contributed by atoms with van der Waals surface area (Å²) in [6.45, 7) is 4.19. The van der Waals surface area contributed by atoms with Crippen molar-refractivity contribution in [1.29, 1.82) is 5.26 Å². The van der Waals surface area contributed by atoms with E-state index >= 15 is 0 Å². The SMILES string of the molecule is COc1ccc([C@H]2C(C#N)=C(SC)N=C3CC(C)(C)CC(=O)C32)cc1OC. The number of ketones is 1. The average molecular weight is 385 g/mol. The molecule has 1 aromatic rings. The number of nitriles is 1. The number of rotatable bonds is 4. The van der Waals surface area contributed by atoms with Gasteiger partial charge in [0.2, 0.25) is 0 Å². The van der Waals surface area contributed by atoms with Crippen molar-refractivity contribution in [1.82, 2.24) is 0 Å². The van der Waals surface area contributed by atoms with Crippen LogP contribution in [0.15, 0.2) is 33.8 Å². The van der Waals surface area contributed by atoms with Gasteiger partial charge in [-0.15, -0.1) is 11.8 Å². The molecule has 1 aliphatic heterocycles. The van der Waals surface area contributed by atoms with Crippen LogP contribution in [0.2, 0.25) is 0 Å². The molecule has 6 heteroatoms. The maximum atomic E-state index is 13.1. The molecule has 2 atom stereocenters. The van der Waals surface area contributed by atoms with Crippen LogP contribution in [0.25, 0.3) is 0 Å². The van der Waals surface area contributed by atoms with Gasteiger partial charge in [0.1, 0.15) is 10.8 Å². The Hall–Kier alpha value is -2.26. The standard InChI is InChI=1S/C21H24N2O3S/c1-21(2)9-14-19(15(24)10-21)18(13(11-22)20(23-14)27-5)12-6-7-16(25-3)17(8-12)26-4/h6-8,18-19H,9-10H2,1-5H3/t18-,19?/m0/s1. The van der Waals surface area contributed by atoms with Gasteiger partial charge in [-0.05, 0) is 35.8 Å². The first-order valence-electron chi connectivity index (χ1n) is 8.85. The van der Waals surface area contributed by atoms with Crippen molar-refractivity contribution < 1.29 is 14.3 Å². The first kappa shape index (κ1) is 19.5. The van der Waals surface area contributed by atoms with Crippen LogP contribution in [0.4, 0.5) is 0 Å². The van der Waals surface area contributed by atoms with Crippen LogP contribution in [0.3, 0.4) is 0 Å². The van der Waals surface area contributed by atoms with E-state index in [0.717, 1.165) is 17.7 Å². The minimum absolute atomic E-state index is 0.109. The molecular formula is C21H24N2O3S. The van der Waals surface area contributed by atoms with Gasteiger partial charge in [0.15, 0.2) is 11.5 Å². The Morgan fingerprint density at radius 1 is 1.19 bits per heavy atom. The molecule has 0 amide bonds. The molecule has 0 saturated heterocycles. The Bertz CT molecular complexity index is 880. The zero-order valence-electron chi connectivity index (χ0n) is 16.3. The number of allylic oxidation sites excluding steroid dienone is 1. The third-order valence-electron chi connectivity index (χ3n) is 5.22. The number of hydrogen-bond donors (Lipinski definition) is 0. The molecule has 1 heterocycles. The molecule has 1 unspecified atom stereocenters. The molecular weight excluding hydrogens is 360 g/mol. The minimum Gasteiger partial charge on any atom is -0.493 e. The topological polar surface area (TPSA) is 71.7 Å². The largest absolute Gasteiger partial charge is 0.493 e. The molecule has 2 aliphatic rings. The fourth-order valence-electron chi connectivity index (χ4n) is 4.09. The van der Waals surface area contributed by atoms with Crippen molar-refractivity contribution in [2.24, 2.45) is 16.3 Å². The molecule has 1 saturated carbocycles. The summed E-state index contributed by atoms with van der Waals surface area (Å²) in [5, 5.41) is 10.6. The molecule has 142 valence electrons. The summed E-state index contributed by atoms with van der Waals surface area (Å²) >= 11 is 1.45. The van der Waals surface area contributed by atoms with E-state index in [4.69, 9.17) is 14.5 Å². The summed E-state index contributed by atoms with van der Waals surface area (Å²) in [5.41, 5.74) is 2.21. The number of benzene rings is 1. The summed E-state index contributed by atoms with van der Waals surface area (Å²) in [6, 6.07) is 7.93. The molecule has 0 spiro atoms. The predicted octanol–water partition coefficient (Wildman–Crippen LogP) is 4.35. The molecule has 3 rings (SSSR count). The Balaban J connectivity index is 2.18. The average Bonchev–Trinajstić information content (AvgIpc) is 2.64. The van der Waals surface area contributed by atoms with Gasteiger partial charge in [-0.2, -0.15) is 5.26 Å². The number of carbonyl (C=O) groups excluding carboxylic acids is 1. The van der Waals surface area contributed by atoms with Crippen molar-refractivity contribution >= 4 is 23.3 Å². The van der Waals surface area contributed by atoms with Gasteiger partial charge in [-0.1, -0.05) is 19.9 Å². The molecule has 0 aromatic heterocycles. The van der Waals surface area contributed by atoms with Crippen LogP contribution in [-0.2, 0) is 4.79 Å². The Morgan fingerprint density at radius 3 is 2.48 bits per heavy atom. The number of methoxy groups -OCH3 is 2. The van der Waals surface area contributed by atoms with E-state index in [2.05, 4.69) is 19.9 Å². The van der Waals surface area contributed by atoms with E-state index in [1.54, 1.807) is 14.2 Å². The smallest absolute Gasteiger partial charge is 0.161 e. The fraction of sp³-hybridized carbons (Fsp3) is 0.476. The van der Waals surface area contributed by atoms with E-state index in [1.807, 2.05) is 24.5 Å². The molecule has 0 radical (unpaired) electrons. The van der Waals surface area contributed by atoms with E-state index in [0.29, 0.717) is 28.5 Å². The van der Waals surface area contributed by atoms with Crippen molar-refractivity contribution in [2.45, 2.75) is 32.6 Å². The Labute approximate surface area is 164 Å². The number of aliphatic imine (C=N–C) groups is 1. The van der Waals surface area contributed by atoms with Crippen LogP contribution < -0.4 is 9.47 Å². The number of Topliss-reactive ketones (excluding diaryl/α,β-unsaturated/α-hetero) is 1. The van der Waals surface area contributed by atoms with E-state index < -0.39 is 0 Å². The van der Waals surface area contributed by atoms with Crippen LogP contribution in [0.1, 0.15) is 38.2 Å². The van der Waals surface area contributed by atoms with Crippen LogP contribution in [0.5, 0.6) is 11.5 Å². The molecule has 0 bridgehead atoms. The Kier molecular flexibility index (Phi) is 5.34. The summed E-state index contributed by atoms with van der Waals surface area (Å²) < 4.78 is 10.8. The van der Waals surface area contributed by atoms with Crippen molar-refractivity contribution in [2.75, 3.05) is 20.5 Å². The van der Waals surface area contributed by atoms with Crippen molar-refractivity contribution in [3.63, 3.8) is 0 Å². The highest BCUT2D eigenvalue weighted by molar-refractivity contribution is 8.02. The second-order valence-corrected chi connectivity index (χ2v) is 8.49. The maximum absolute atomic E-state index is 13.1. The monoisotopic (exact) mass is 384 g/mol. The lowest BCUT2D eigenvalue weighted by Crippen LogP contribution is -2.42.